The molecule has 0 radical (unpaired) electrons. The molecule has 1 amide bonds. The van der Waals surface area contributed by atoms with E-state index in [2.05, 4.69) is 5.32 Å². The number of benzene rings is 1. The number of anilines is 1. The van der Waals surface area contributed by atoms with Gasteiger partial charge in [0.05, 0.1) is 5.54 Å². The number of phenols is 1. The second-order valence-electron chi connectivity index (χ2n) is 5.01. The molecule has 0 aromatic heterocycles. The fourth-order valence-corrected chi connectivity index (χ4v) is 1.91. The maximum absolute atomic E-state index is 12.1. The number of amides is 1. The van der Waals surface area contributed by atoms with Crippen LogP contribution in [0, 0.1) is 12.8 Å². The van der Waals surface area contributed by atoms with Crippen molar-refractivity contribution in [3.63, 3.8) is 0 Å². The quantitative estimate of drug-likeness (QED) is 0.698. The summed E-state index contributed by atoms with van der Waals surface area (Å²) >= 11 is 0. The monoisotopic (exact) mass is 234 g/mol. The minimum atomic E-state index is -0.801. The van der Waals surface area contributed by atoms with E-state index in [1.165, 1.54) is 0 Å². The van der Waals surface area contributed by atoms with E-state index in [-0.39, 0.29) is 11.7 Å². The molecular formula is C13H18N2O2. The van der Waals surface area contributed by atoms with Gasteiger partial charge in [-0.15, -0.1) is 0 Å². The van der Waals surface area contributed by atoms with E-state index in [9.17, 15) is 9.90 Å². The van der Waals surface area contributed by atoms with Crippen molar-refractivity contribution in [3.05, 3.63) is 23.8 Å². The first-order valence-corrected chi connectivity index (χ1v) is 5.81. The molecule has 1 saturated carbocycles. The third-order valence-electron chi connectivity index (χ3n) is 3.37. The Morgan fingerprint density at radius 2 is 2.18 bits per heavy atom. The average Bonchev–Trinajstić information content (AvgIpc) is 3.05. The minimum Gasteiger partial charge on any atom is -0.508 e. The third kappa shape index (κ3) is 2.42. The Hall–Kier alpha value is -1.55. The molecule has 1 aliphatic rings. The molecule has 4 nitrogen and oxygen atoms in total. The molecule has 0 aliphatic heterocycles. The van der Waals surface area contributed by atoms with Gasteiger partial charge < -0.3 is 16.2 Å². The van der Waals surface area contributed by atoms with E-state index in [0.717, 1.165) is 18.4 Å². The van der Waals surface area contributed by atoms with E-state index in [4.69, 9.17) is 5.73 Å². The normalized spacial score (nSPS) is 18.5. The topological polar surface area (TPSA) is 75.3 Å². The predicted molar refractivity (Wildman–Crippen MR) is 66.8 cm³/mol. The summed E-state index contributed by atoms with van der Waals surface area (Å²) in [6, 6.07) is 4.85. The summed E-state index contributed by atoms with van der Waals surface area (Å²) < 4.78 is 0. The molecule has 17 heavy (non-hydrogen) atoms. The molecule has 1 aliphatic carbocycles. The van der Waals surface area contributed by atoms with Crippen LogP contribution in [0.4, 0.5) is 5.69 Å². The van der Waals surface area contributed by atoms with Crippen LogP contribution in [0.2, 0.25) is 0 Å². The lowest BCUT2D eigenvalue weighted by atomic mass is 9.96. The smallest absolute Gasteiger partial charge is 0.244 e. The molecule has 92 valence electrons. The SMILES string of the molecule is Cc1cc(O)ccc1NC(=O)C(C)(N)C1CC1. The molecule has 2 rings (SSSR count). The highest BCUT2D eigenvalue weighted by molar-refractivity contribution is 5.98. The molecule has 1 unspecified atom stereocenters. The zero-order chi connectivity index (χ0) is 12.6. The minimum absolute atomic E-state index is 0.159. The maximum Gasteiger partial charge on any atom is 0.244 e. The van der Waals surface area contributed by atoms with Crippen molar-refractivity contribution >= 4 is 11.6 Å². The Balaban J connectivity index is 2.12. The number of carbonyl (C=O) groups is 1. The zero-order valence-corrected chi connectivity index (χ0v) is 10.2. The number of carbonyl (C=O) groups excluding carboxylic acids is 1. The first kappa shape index (κ1) is 11.9. The third-order valence-corrected chi connectivity index (χ3v) is 3.37. The lowest BCUT2D eigenvalue weighted by Crippen LogP contribution is -2.50. The summed E-state index contributed by atoms with van der Waals surface area (Å²) in [4.78, 5) is 12.1. The Kier molecular flexibility index (Phi) is 2.83. The van der Waals surface area contributed by atoms with Crippen molar-refractivity contribution in [2.24, 2.45) is 11.7 Å². The van der Waals surface area contributed by atoms with Crippen LogP contribution < -0.4 is 11.1 Å². The highest BCUT2D eigenvalue weighted by atomic mass is 16.3. The maximum atomic E-state index is 12.1. The fourth-order valence-electron chi connectivity index (χ4n) is 1.91. The molecule has 1 fully saturated rings. The summed E-state index contributed by atoms with van der Waals surface area (Å²) in [6.07, 6.45) is 2.05. The largest absolute Gasteiger partial charge is 0.508 e. The summed E-state index contributed by atoms with van der Waals surface area (Å²) in [5, 5.41) is 12.1. The van der Waals surface area contributed by atoms with Crippen LogP contribution in [-0.2, 0) is 4.79 Å². The molecule has 1 atom stereocenters. The number of phenolic OH excluding ortho intramolecular Hbond substituents is 1. The van der Waals surface area contributed by atoms with Gasteiger partial charge in [0.1, 0.15) is 5.75 Å². The Morgan fingerprint density at radius 1 is 1.53 bits per heavy atom. The van der Waals surface area contributed by atoms with Crippen LogP contribution in [0.1, 0.15) is 25.3 Å². The van der Waals surface area contributed by atoms with Gasteiger partial charge in [0.15, 0.2) is 0 Å². The summed E-state index contributed by atoms with van der Waals surface area (Å²) in [6.45, 7) is 3.61. The van der Waals surface area contributed by atoms with Gasteiger partial charge in [0.25, 0.3) is 0 Å². The van der Waals surface area contributed by atoms with Crippen molar-refractivity contribution in [1.82, 2.24) is 0 Å². The van der Waals surface area contributed by atoms with Crippen LogP contribution >= 0.6 is 0 Å². The van der Waals surface area contributed by atoms with E-state index in [1.54, 1.807) is 25.1 Å². The Morgan fingerprint density at radius 3 is 2.71 bits per heavy atom. The van der Waals surface area contributed by atoms with E-state index >= 15 is 0 Å². The molecule has 1 aromatic rings. The molecular weight excluding hydrogens is 216 g/mol. The van der Waals surface area contributed by atoms with Crippen LogP contribution in [0.5, 0.6) is 5.75 Å². The summed E-state index contributed by atoms with van der Waals surface area (Å²) in [5.41, 5.74) is 6.75. The van der Waals surface area contributed by atoms with Crippen molar-refractivity contribution in [2.45, 2.75) is 32.2 Å². The highest BCUT2D eigenvalue weighted by Crippen LogP contribution is 2.38. The van der Waals surface area contributed by atoms with E-state index in [0.29, 0.717) is 11.6 Å². The lowest BCUT2D eigenvalue weighted by molar-refractivity contribution is -0.121. The molecule has 0 spiro atoms. The molecule has 1 aromatic carbocycles. The molecule has 0 saturated heterocycles. The van der Waals surface area contributed by atoms with Gasteiger partial charge in [-0.25, -0.2) is 0 Å². The molecule has 0 heterocycles. The van der Waals surface area contributed by atoms with Gasteiger partial charge in [0.2, 0.25) is 5.91 Å². The van der Waals surface area contributed by atoms with Crippen molar-refractivity contribution in [3.8, 4) is 5.75 Å². The fraction of sp³-hybridized carbons (Fsp3) is 0.462. The van der Waals surface area contributed by atoms with Gasteiger partial charge in [0, 0.05) is 5.69 Å². The average molecular weight is 234 g/mol. The number of rotatable bonds is 3. The number of hydrogen-bond acceptors (Lipinski definition) is 3. The van der Waals surface area contributed by atoms with Crippen molar-refractivity contribution in [2.75, 3.05) is 5.32 Å². The van der Waals surface area contributed by atoms with Gasteiger partial charge in [-0.3, -0.25) is 4.79 Å². The van der Waals surface area contributed by atoms with E-state index in [1.807, 2.05) is 6.92 Å². The number of nitrogens with one attached hydrogen (secondary N) is 1. The standard InChI is InChI=1S/C13H18N2O2/c1-8-7-10(16)5-6-11(8)15-12(17)13(2,14)9-3-4-9/h5-7,9,16H,3-4,14H2,1-2H3,(H,15,17). The van der Waals surface area contributed by atoms with Gasteiger partial charge in [-0.2, -0.15) is 0 Å². The highest BCUT2D eigenvalue weighted by Gasteiger charge is 2.44. The second-order valence-corrected chi connectivity index (χ2v) is 5.01. The van der Waals surface area contributed by atoms with E-state index < -0.39 is 5.54 Å². The predicted octanol–water partition coefficient (Wildman–Crippen LogP) is 1.77. The number of nitrogens with two attached hydrogens (primary N) is 1. The van der Waals surface area contributed by atoms with Gasteiger partial charge >= 0.3 is 0 Å². The van der Waals surface area contributed by atoms with Crippen molar-refractivity contribution in [1.29, 1.82) is 0 Å². The van der Waals surface area contributed by atoms with Crippen LogP contribution in [0.3, 0.4) is 0 Å². The number of aromatic hydroxyl groups is 1. The van der Waals surface area contributed by atoms with Crippen LogP contribution in [0.25, 0.3) is 0 Å². The Labute approximate surface area is 101 Å². The first-order valence-electron chi connectivity index (χ1n) is 5.81. The summed E-state index contributed by atoms with van der Waals surface area (Å²) in [7, 11) is 0. The lowest BCUT2D eigenvalue weighted by Gasteiger charge is -2.23. The zero-order valence-electron chi connectivity index (χ0n) is 10.2. The van der Waals surface area contributed by atoms with Gasteiger partial charge in [-0.05, 0) is 56.4 Å². The molecule has 4 heteroatoms. The molecule has 0 bridgehead atoms. The number of hydrogen-bond donors (Lipinski definition) is 3. The van der Waals surface area contributed by atoms with Crippen LogP contribution in [-0.4, -0.2) is 16.6 Å². The molecule has 4 N–H and O–H groups in total. The number of aryl methyl sites for hydroxylation is 1. The second kappa shape index (κ2) is 4.04. The Bertz CT molecular complexity index is 451. The van der Waals surface area contributed by atoms with Crippen LogP contribution in [0.15, 0.2) is 18.2 Å². The van der Waals surface area contributed by atoms with Gasteiger partial charge in [-0.1, -0.05) is 0 Å². The summed E-state index contributed by atoms with van der Waals surface area (Å²) in [5.74, 6) is 0.326. The first-order chi connectivity index (χ1) is 7.91. The van der Waals surface area contributed by atoms with Crippen molar-refractivity contribution < 1.29 is 9.90 Å².